The Hall–Kier alpha value is -3.54. The molecular weight excluding hydrogens is 392 g/mol. The number of benzene rings is 2. The van der Waals surface area contributed by atoms with Gasteiger partial charge in [0.1, 0.15) is 0 Å². The van der Waals surface area contributed by atoms with Crippen molar-refractivity contribution in [2.24, 2.45) is 5.41 Å². The van der Waals surface area contributed by atoms with E-state index < -0.39 is 17.5 Å². The van der Waals surface area contributed by atoms with Crippen molar-refractivity contribution in [2.45, 2.75) is 40.7 Å². The first kappa shape index (κ1) is 22.2. The van der Waals surface area contributed by atoms with Crippen molar-refractivity contribution in [1.82, 2.24) is 4.98 Å². The molecule has 1 aromatic heterocycles. The summed E-state index contributed by atoms with van der Waals surface area (Å²) in [4.78, 5) is 42.0. The highest BCUT2D eigenvalue weighted by atomic mass is 16.5. The number of aromatic nitrogens is 1. The Labute approximate surface area is 181 Å². The summed E-state index contributed by atoms with van der Waals surface area (Å²) in [5.41, 5.74) is 2.23. The van der Waals surface area contributed by atoms with Crippen molar-refractivity contribution in [3.8, 4) is 0 Å². The maximum absolute atomic E-state index is 12.8. The number of Topliss-reactive ketones (excluding diaryl/α,β-unsaturated/α-hetero) is 1. The predicted molar refractivity (Wildman–Crippen MR) is 120 cm³/mol. The fourth-order valence-corrected chi connectivity index (χ4v) is 3.03. The van der Waals surface area contributed by atoms with E-state index in [2.05, 4.69) is 10.3 Å². The largest absolute Gasteiger partial charge is 0.451 e. The molecule has 1 amide bonds. The van der Waals surface area contributed by atoms with Gasteiger partial charge in [0, 0.05) is 27.7 Å². The van der Waals surface area contributed by atoms with Gasteiger partial charge in [-0.25, -0.2) is 4.79 Å². The third-order valence-corrected chi connectivity index (χ3v) is 4.83. The lowest BCUT2D eigenvalue weighted by Crippen LogP contribution is -2.27. The van der Waals surface area contributed by atoms with Crippen LogP contribution in [0.2, 0.25) is 0 Å². The molecule has 3 aromatic rings. The molecule has 31 heavy (non-hydrogen) atoms. The van der Waals surface area contributed by atoms with Gasteiger partial charge in [0.15, 0.2) is 6.10 Å². The Bertz CT molecular complexity index is 1140. The molecule has 0 unspecified atom stereocenters. The summed E-state index contributed by atoms with van der Waals surface area (Å²) in [6.45, 7) is 8.82. The SMILES string of the molecule is Cc1cc(C(=O)O[C@H](C)C(=O)c2ccc(NC(=O)C(C)(C)C)cc2)c2ccccc2n1. The van der Waals surface area contributed by atoms with Gasteiger partial charge in [-0.1, -0.05) is 39.0 Å². The van der Waals surface area contributed by atoms with E-state index >= 15 is 0 Å². The lowest BCUT2D eigenvalue weighted by Gasteiger charge is -2.18. The van der Waals surface area contributed by atoms with E-state index in [1.807, 2.05) is 39.0 Å². The van der Waals surface area contributed by atoms with Crippen LogP contribution in [-0.4, -0.2) is 28.7 Å². The van der Waals surface area contributed by atoms with Crippen molar-refractivity contribution in [1.29, 1.82) is 0 Å². The Kier molecular flexibility index (Phi) is 6.20. The minimum absolute atomic E-state index is 0.117. The topological polar surface area (TPSA) is 85.4 Å². The van der Waals surface area contributed by atoms with Crippen molar-refractivity contribution in [3.63, 3.8) is 0 Å². The van der Waals surface area contributed by atoms with Gasteiger partial charge in [0.05, 0.1) is 11.1 Å². The molecule has 0 fully saturated rings. The van der Waals surface area contributed by atoms with E-state index in [-0.39, 0.29) is 11.7 Å². The van der Waals surface area contributed by atoms with Gasteiger partial charge in [0.25, 0.3) is 0 Å². The zero-order valence-corrected chi connectivity index (χ0v) is 18.4. The van der Waals surface area contributed by atoms with Crippen LogP contribution in [0.25, 0.3) is 10.9 Å². The van der Waals surface area contributed by atoms with Crippen molar-refractivity contribution < 1.29 is 19.1 Å². The molecule has 0 aliphatic carbocycles. The number of hydrogen-bond acceptors (Lipinski definition) is 5. The zero-order chi connectivity index (χ0) is 22.8. The number of carbonyl (C=O) groups is 3. The molecule has 0 saturated carbocycles. The summed E-state index contributed by atoms with van der Waals surface area (Å²) >= 11 is 0. The van der Waals surface area contributed by atoms with E-state index in [9.17, 15) is 14.4 Å². The predicted octanol–water partition coefficient (Wildman–Crippen LogP) is 4.96. The van der Waals surface area contributed by atoms with Gasteiger partial charge in [-0.3, -0.25) is 14.6 Å². The summed E-state index contributed by atoms with van der Waals surface area (Å²) in [5.74, 6) is -1.01. The Balaban J connectivity index is 1.72. The highest BCUT2D eigenvalue weighted by Gasteiger charge is 2.23. The molecule has 0 radical (unpaired) electrons. The number of amides is 1. The lowest BCUT2D eigenvalue weighted by atomic mass is 9.95. The second kappa shape index (κ2) is 8.68. The number of ether oxygens (including phenoxy) is 1. The molecule has 0 spiro atoms. The molecule has 0 saturated heterocycles. The number of fused-ring (bicyclic) bond motifs is 1. The van der Waals surface area contributed by atoms with Gasteiger partial charge in [-0.05, 0) is 50.2 Å². The summed E-state index contributed by atoms with van der Waals surface area (Å²) in [7, 11) is 0. The summed E-state index contributed by atoms with van der Waals surface area (Å²) in [6.07, 6.45) is -0.963. The van der Waals surface area contributed by atoms with E-state index in [1.165, 1.54) is 0 Å². The average molecular weight is 418 g/mol. The van der Waals surface area contributed by atoms with Crippen LogP contribution in [-0.2, 0) is 9.53 Å². The van der Waals surface area contributed by atoms with Gasteiger partial charge in [-0.2, -0.15) is 0 Å². The monoisotopic (exact) mass is 418 g/mol. The highest BCUT2D eigenvalue weighted by Crippen LogP contribution is 2.21. The van der Waals surface area contributed by atoms with Crippen LogP contribution < -0.4 is 5.32 Å². The van der Waals surface area contributed by atoms with Crippen LogP contribution in [0.5, 0.6) is 0 Å². The number of esters is 1. The number of carbonyl (C=O) groups excluding carboxylic acids is 3. The molecule has 0 aliphatic rings. The first-order valence-electron chi connectivity index (χ1n) is 10.1. The lowest BCUT2D eigenvalue weighted by molar-refractivity contribution is -0.123. The smallest absolute Gasteiger partial charge is 0.339 e. The molecule has 1 atom stereocenters. The summed E-state index contributed by atoms with van der Waals surface area (Å²) in [6, 6.07) is 15.5. The molecule has 6 nitrogen and oxygen atoms in total. The second-order valence-corrected chi connectivity index (χ2v) is 8.52. The molecular formula is C25H26N2O4. The Morgan fingerprint density at radius 1 is 1.00 bits per heavy atom. The third kappa shape index (κ3) is 5.15. The van der Waals surface area contributed by atoms with E-state index in [1.54, 1.807) is 50.2 Å². The van der Waals surface area contributed by atoms with Crippen molar-refractivity contribution in [3.05, 3.63) is 71.4 Å². The Morgan fingerprint density at radius 3 is 2.29 bits per heavy atom. The molecule has 6 heteroatoms. The first-order valence-corrected chi connectivity index (χ1v) is 10.1. The van der Waals surface area contributed by atoms with Crippen LogP contribution in [0.1, 0.15) is 54.1 Å². The maximum atomic E-state index is 12.8. The number of hydrogen-bond donors (Lipinski definition) is 1. The van der Waals surface area contributed by atoms with Gasteiger partial charge in [0.2, 0.25) is 11.7 Å². The molecule has 0 aliphatic heterocycles. The highest BCUT2D eigenvalue weighted by molar-refractivity contribution is 6.06. The number of ketones is 1. The number of nitrogens with one attached hydrogen (secondary N) is 1. The number of rotatable bonds is 5. The number of nitrogens with zero attached hydrogens (tertiary/aromatic N) is 1. The van der Waals surface area contributed by atoms with Crippen molar-refractivity contribution in [2.75, 3.05) is 5.32 Å². The van der Waals surface area contributed by atoms with Gasteiger partial charge < -0.3 is 10.1 Å². The van der Waals surface area contributed by atoms with Crippen LogP contribution in [0.4, 0.5) is 5.69 Å². The minimum Gasteiger partial charge on any atom is -0.451 e. The quantitative estimate of drug-likeness (QED) is 0.468. The number of aryl methyl sites for hydroxylation is 1. The van der Waals surface area contributed by atoms with Crippen LogP contribution in [0, 0.1) is 12.3 Å². The molecule has 160 valence electrons. The fourth-order valence-electron chi connectivity index (χ4n) is 3.03. The standard InChI is InChI=1S/C25H26N2O4/c1-15-14-20(19-8-6-7-9-21(19)26-15)23(29)31-16(2)22(28)17-10-12-18(13-11-17)27-24(30)25(3,4)5/h6-14,16H,1-5H3,(H,27,30)/t16-/m1/s1. The van der Waals surface area contributed by atoms with E-state index in [0.717, 1.165) is 0 Å². The molecule has 2 aromatic carbocycles. The third-order valence-electron chi connectivity index (χ3n) is 4.83. The number of para-hydroxylation sites is 1. The molecule has 1 heterocycles. The zero-order valence-electron chi connectivity index (χ0n) is 18.4. The van der Waals surface area contributed by atoms with E-state index in [0.29, 0.717) is 33.4 Å². The van der Waals surface area contributed by atoms with Crippen LogP contribution in [0.15, 0.2) is 54.6 Å². The van der Waals surface area contributed by atoms with Gasteiger partial charge >= 0.3 is 5.97 Å². The average Bonchev–Trinajstić information content (AvgIpc) is 2.72. The maximum Gasteiger partial charge on any atom is 0.339 e. The summed E-state index contributed by atoms with van der Waals surface area (Å²) in [5, 5.41) is 3.49. The van der Waals surface area contributed by atoms with Crippen LogP contribution >= 0.6 is 0 Å². The molecule has 3 rings (SSSR count). The van der Waals surface area contributed by atoms with Gasteiger partial charge in [-0.15, -0.1) is 0 Å². The summed E-state index contributed by atoms with van der Waals surface area (Å²) < 4.78 is 5.47. The number of anilines is 1. The van der Waals surface area contributed by atoms with E-state index in [4.69, 9.17) is 4.74 Å². The van der Waals surface area contributed by atoms with Crippen LogP contribution in [0.3, 0.4) is 0 Å². The molecule has 0 bridgehead atoms. The Morgan fingerprint density at radius 2 is 1.65 bits per heavy atom. The number of pyridine rings is 1. The first-order chi connectivity index (χ1) is 14.6. The second-order valence-electron chi connectivity index (χ2n) is 8.52. The normalized spacial score (nSPS) is 12.3. The van der Waals surface area contributed by atoms with Crippen molar-refractivity contribution >= 4 is 34.3 Å². The minimum atomic E-state index is -0.963. The fraction of sp³-hybridized carbons (Fsp3) is 0.280. The molecule has 1 N–H and O–H groups in total.